The molecule has 0 bridgehead atoms. The lowest BCUT2D eigenvalue weighted by Crippen LogP contribution is -2.25. The molecule has 29 heavy (non-hydrogen) atoms. The first-order valence-corrected chi connectivity index (χ1v) is 10.9. The van der Waals surface area contributed by atoms with Gasteiger partial charge >= 0.3 is 5.97 Å². The number of hydrogen-bond donors (Lipinski definition) is 0. The molecular weight excluding hydrogens is 358 g/mol. The highest BCUT2D eigenvalue weighted by molar-refractivity contribution is 5.76. The van der Waals surface area contributed by atoms with Crippen molar-refractivity contribution < 1.29 is 9.53 Å². The summed E-state index contributed by atoms with van der Waals surface area (Å²) in [5.74, 6) is 0.657. The van der Waals surface area contributed by atoms with Crippen molar-refractivity contribution in [3.05, 3.63) is 64.7 Å². The SMILES string of the molecule is CCCCCc1ccc(OC(=O)C2CCC(c3ccc(C)cc3)CC2)c(C#N)c1. The summed E-state index contributed by atoms with van der Waals surface area (Å²) in [6, 6.07) is 16.6. The van der Waals surface area contributed by atoms with Gasteiger partial charge in [-0.2, -0.15) is 5.26 Å². The maximum absolute atomic E-state index is 12.7. The fourth-order valence-electron chi connectivity index (χ4n) is 4.18. The van der Waals surface area contributed by atoms with E-state index >= 15 is 0 Å². The quantitative estimate of drug-likeness (QED) is 0.309. The summed E-state index contributed by atoms with van der Waals surface area (Å²) in [4.78, 5) is 12.7. The van der Waals surface area contributed by atoms with Crippen LogP contribution < -0.4 is 4.74 Å². The van der Waals surface area contributed by atoms with Crippen LogP contribution in [-0.4, -0.2) is 5.97 Å². The van der Waals surface area contributed by atoms with Gasteiger partial charge in [0.05, 0.1) is 11.5 Å². The Balaban J connectivity index is 1.56. The fourth-order valence-corrected chi connectivity index (χ4v) is 4.18. The maximum atomic E-state index is 12.7. The molecule has 152 valence electrons. The van der Waals surface area contributed by atoms with E-state index in [1.807, 2.05) is 12.1 Å². The summed E-state index contributed by atoms with van der Waals surface area (Å²) in [5.41, 5.74) is 4.23. The van der Waals surface area contributed by atoms with Gasteiger partial charge in [-0.05, 0) is 74.6 Å². The van der Waals surface area contributed by atoms with E-state index in [9.17, 15) is 10.1 Å². The summed E-state index contributed by atoms with van der Waals surface area (Å²) in [5, 5.41) is 9.48. The molecule has 1 aliphatic rings. The lowest BCUT2D eigenvalue weighted by molar-refractivity contribution is -0.140. The number of unbranched alkanes of at least 4 members (excludes halogenated alkanes) is 2. The van der Waals surface area contributed by atoms with E-state index in [-0.39, 0.29) is 11.9 Å². The van der Waals surface area contributed by atoms with Crippen molar-refractivity contribution in [1.29, 1.82) is 5.26 Å². The highest BCUT2D eigenvalue weighted by Crippen LogP contribution is 2.36. The summed E-state index contributed by atoms with van der Waals surface area (Å²) >= 11 is 0. The number of rotatable bonds is 7. The molecule has 0 N–H and O–H groups in total. The molecule has 0 unspecified atom stereocenters. The van der Waals surface area contributed by atoms with Crippen LogP contribution in [0, 0.1) is 24.2 Å². The predicted octanol–water partition coefficient (Wildman–Crippen LogP) is 6.48. The molecule has 0 saturated heterocycles. The Labute approximate surface area is 174 Å². The third-order valence-corrected chi connectivity index (χ3v) is 6.05. The van der Waals surface area contributed by atoms with Crippen LogP contribution in [0.25, 0.3) is 0 Å². The number of hydrogen-bond acceptors (Lipinski definition) is 3. The van der Waals surface area contributed by atoms with Crippen molar-refractivity contribution in [1.82, 2.24) is 0 Å². The standard InChI is InChI=1S/C26H31NO2/c1-3-4-5-6-20-9-16-25(24(17-20)18-27)29-26(28)23-14-12-22(13-15-23)21-10-7-19(2)8-11-21/h7-11,16-17,22-23H,3-6,12-15H2,1-2H3. The molecule has 1 saturated carbocycles. The van der Waals surface area contributed by atoms with Crippen LogP contribution in [0.5, 0.6) is 5.75 Å². The second kappa shape index (κ2) is 10.3. The molecule has 2 aromatic carbocycles. The number of carbonyl (C=O) groups is 1. The van der Waals surface area contributed by atoms with Crippen molar-refractivity contribution in [3.63, 3.8) is 0 Å². The first-order chi connectivity index (χ1) is 14.1. The van der Waals surface area contributed by atoms with Gasteiger partial charge in [0, 0.05) is 0 Å². The van der Waals surface area contributed by atoms with Gasteiger partial charge in [-0.1, -0.05) is 55.7 Å². The molecule has 0 amide bonds. The number of aryl methyl sites for hydroxylation is 2. The molecule has 1 aliphatic carbocycles. The van der Waals surface area contributed by atoms with E-state index in [0.717, 1.165) is 44.1 Å². The Morgan fingerprint density at radius 2 is 1.79 bits per heavy atom. The van der Waals surface area contributed by atoms with Gasteiger partial charge in [-0.25, -0.2) is 0 Å². The Bertz CT molecular complexity index is 855. The first kappa shape index (κ1) is 21.1. The normalized spacial score (nSPS) is 18.8. The maximum Gasteiger partial charge on any atom is 0.314 e. The molecule has 0 atom stereocenters. The van der Waals surface area contributed by atoms with Gasteiger partial charge in [-0.15, -0.1) is 0 Å². The van der Waals surface area contributed by atoms with Crippen LogP contribution in [-0.2, 0) is 11.2 Å². The van der Waals surface area contributed by atoms with Crippen LogP contribution in [0.1, 0.15) is 80.0 Å². The van der Waals surface area contributed by atoms with Crippen molar-refractivity contribution in [2.24, 2.45) is 5.92 Å². The van der Waals surface area contributed by atoms with Gasteiger partial charge in [0.25, 0.3) is 0 Å². The zero-order valence-electron chi connectivity index (χ0n) is 17.6. The topological polar surface area (TPSA) is 50.1 Å². The van der Waals surface area contributed by atoms with Crippen LogP contribution in [0.4, 0.5) is 0 Å². The molecule has 0 heterocycles. The number of ether oxygens (including phenoxy) is 1. The molecule has 3 heteroatoms. The van der Waals surface area contributed by atoms with Gasteiger partial charge in [0.1, 0.15) is 11.8 Å². The minimum absolute atomic E-state index is 0.0764. The van der Waals surface area contributed by atoms with Crippen LogP contribution in [0.15, 0.2) is 42.5 Å². The summed E-state index contributed by atoms with van der Waals surface area (Å²) < 4.78 is 5.65. The second-order valence-corrected chi connectivity index (χ2v) is 8.28. The number of benzene rings is 2. The van der Waals surface area contributed by atoms with Crippen LogP contribution in [0.2, 0.25) is 0 Å². The average Bonchev–Trinajstić information content (AvgIpc) is 2.75. The number of nitrogens with zero attached hydrogens (tertiary/aromatic N) is 1. The largest absolute Gasteiger partial charge is 0.425 e. The Morgan fingerprint density at radius 1 is 1.07 bits per heavy atom. The van der Waals surface area contributed by atoms with Gasteiger partial charge in [0.2, 0.25) is 0 Å². The smallest absolute Gasteiger partial charge is 0.314 e. The van der Waals surface area contributed by atoms with Gasteiger partial charge in [0.15, 0.2) is 0 Å². The lowest BCUT2D eigenvalue weighted by Gasteiger charge is -2.27. The lowest BCUT2D eigenvalue weighted by atomic mass is 9.78. The third kappa shape index (κ3) is 5.70. The summed E-state index contributed by atoms with van der Waals surface area (Å²) in [6.07, 6.45) is 8.12. The molecule has 0 radical (unpaired) electrons. The zero-order chi connectivity index (χ0) is 20.6. The van der Waals surface area contributed by atoms with Crippen LogP contribution >= 0.6 is 0 Å². The molecule has 0 aromatic heterocycles. The molecule has 3 rings (SSSR count). The highest BCUT2D eigenvalue weighted by atomic mass is 16.5. The van der Waals surface area contributed by atoms with Crippen molar-refractivity contribution >= 4 is 5.97 Å². The molecule has 0 spiro atoms. The molecule has 1 fully saturated rings. The minimum atomic E-state index is -0.192. The van der Waals surface area contributed by atoms with Crippen molar-refractivity contribution in [3.8, 4) is 11.8 Å². The number of nitriles is 1. The van der Waals surface area contributed by atoms with E-state index in [4.69, 9.17) is 4.74 Å². The molecule has 2 aromatic rings. The Kier molecular flexibility index (Phi) is 7.47. The molecular formula is C26H31NO2. The van der Waals surface area contributed by atoms with Crippen LogP contribution in [0.3, 0.4) is 0 Å². The Morgan fingerprint density at radius 3 is 2.45 bits per heavy atom. The minimum Gasteiger partial charge on any atom is -0.425 e. The highest BCUT2D eigenvalue weighted by Gasteiger charge is 2.29. The predicted molar refractivity (Wildman–Crippen MR) is 116 cm³/mol. The number of carbonyl (C=O) groups excluding carboxylic acids is 1. The van der Waals surface area contributed by atoms with E-state index < -0.39 is 0 Å². The van der Waals surface area contributed by atoms with Crippen molar-refractivity contribution in [2.75, 3.05) is 0 Å². The van der Waals surface area contributed by atoms with E-state index in [2.05, 4.69) is 44.2 Å². The average molecular weight is 390 g/mol. The first-order valence-electron chi connectivity index (χ1n) is 10.9. The van der Waals surface area contributed by atoms with E-state index in [1.165, 1.54) is 24.0 Å². The second-order valence-electron chi connectivity index (χ2n) is 8.28. The summed E-state index contributed by atoms with van der Waals surface area (Å²) in [6.45, 7) is 4.28. The van der Waals surface area contributed by atoms with Gasteiger partial charge in [-0.3, -0.25) is 4.79 Å². The van der Waals surface area contributed by atoms with E-state index in [0.29, 0.717) is 17.2 Å². The number of esters is 1. The monoisotopic (exact) mass is 389 g/mol. The molecule has 3 nitrogen and oxygen atoms in total. The zero-order valence-corrected chi connectivity index (χ0v) is 17.6. The molecule has 0 aliphatic heterocycles. The third-order valence-electron chi connectivity index (χ3n) is 6.05. The van der Waals surface area contributed by atoms with Gasteiger partial charge < -0.3 is 4.74 Å². The Hall–Kier alpha value is -2.60. The van der Waals surface area contributed by atoms with Crippen molar-refractivity contribution in [2.45, 2.75) is 71.1 Å². The fraction of sp³-hybridized carbons (Fsp3) is 0.462. The van der Waals surface area contributed by atoms with E-state index in [1.54, 1.807) is 6.07 Å². The summed E-state index contributed by atoms with van der Waals surface area (Å²) in [7, 11) is 0.